The van der Waals surface area contributed by atoms with E-state index in [1.807, 2.05) is 0 Å². The number of aliphatic carboxylic acids is 1. The monoisotopic (exact) mass is 449 g/mol. The van der Waals surface area contributed by atoms with Crippen molar-refractivity contribution in [3.63, 3.8) is 0 Å². The number of carboxylic acid groups (broad SMARTS) is 1. The number of carboxylic acids is 1. The van der Waals surface area contributed by atoms with Crippen LogP contribution in [0.4, 0.5) is 4.79 Å². The molecule has 7 nitrogen and oxygen atoms in total. The van der Waals surface area contributed by atoms with Crippen molar-refractivity contribution in [2.45, 2.75) is 103 Å². The van der Waals surface area contributed by atoms with Gasteiger partial charge in [0.15, 0.2) is 8.32 Å². The van der Waals surface area contributed by atoms with E-state index in [1.165, 1.54) is 11.8 Å². The van der Waals surface area contributed by atoms with Gasteiger partial charge < -0.3 is 19.6 Å². The van der Waals surface area contributed by atoms with E-state index >= 15 is 0 Å². The van der Waals surface area contributed by atoms with Crippen LogP contribution in [0.1, 0.15) is 61.8 Å². The lowest BCUT2D eigenvalue weighted by Gasteiger charge is -2.39. The molecular formula is C20H39NO6SSi. The van der Waals surface area contributed by atoms with Gasteiger partial charge in [-0.3, -0.25) is 4.79 Å². The van der Waals surface area contributed by atoms with Gasteiger partial charge in [0, 0.05) is 23.8 Å². The van der Waals surface area contributed by atoms with Crippen molar-refractivity contribution in [3.8, 4) is 0 Å². The summed E-state index contributed by atoms with van der Waals surface area (Å²) < 4.78 is 11.6. The van der Waals surface area contributed by atoms with Crippen molar-refractivity contribution < 1.29 is 28.7 Å². The molecule has 0 unspecified atom stereocenters. The van der Waals surface area contributed by atoms with Crippen molar-refractivity contribution in [1.82, 2.24) is 5.32 Å². The van der Waals surface area contributed by atoms with E-state index in [2.05, 4.69) is 39.2 Å². The zero-order chi connectivity index (χ0) is 21.9. The van der Waals surface area contributed by atoms with Crippen LogP contribution in [0.3, 0.4) is 0 Å². The number of ether oxygens (including phenoxy) is 1. The molecule has 1 aliphatic carbocycles. The Balaban J connectivity index is 0.00000784. The fraction of sp³-hybridized carbons (Fsp3) is 0.850. The van der Waals surface area contributed by atoms with Crippen LogP contribution in [0.25, 0.3) is 0 Å². The number of nitrogens with one attached hydrogen (secondary N) is 1. The Bertz CT molecular complexity index is 597. The molecule has 1 amide bonds. The van der Waals surface area contributed by atoms with Gasteiger partial charge in [-0.05, 0) is 38.9 Å². The maximum atomic E-state index is 12.0. The molecule has 1 fully saturated rings. The van der Waals surface area contributed by atoms with Crippen LogP contribution in [-0.4, -0.2) is 60.0 Å². The number of ketones is 1. The number of amides is 1. The number of carbonyl (C=O) groups excluding carboxylic acids is 2. The average Bonchev–Trinajstić information content (AvgIpc) is 2.79. The number of Topliss-reactive ketones (excluding diaryl/α,β-unsaturated/α-hetero) is 1. The maximum absolute atomic E-state index is 12.0. The van der Waals surface area contributed by atoms with Crippen molar-refractivity contribution >= 4 is 37.9 Å². The number of rotatable bonds is 7. The molecule has 0 radical (unpaired) electrons. The largest absolute Gasteiger partial charge is 0.480 e. The molecule has 0 spiro atoms. The summed E-state index contributed by atoms with van der Waals surface area (Å²) in [5, 5.41) is 11.7. The minimum absolute atomic E-state index is 0. The van der Waals surface area contributed by atoms with Crippen LogP contribution < -0.4 is 5.32 Å². The number of alkyl carbamates (subject to hydrolysis) is 1. The predicted octanol–water partition coefficient (Wildman–Crippen LogP) is 4.46. The SMILES string of the molecule is C.CC(C)(C)OC(=O)N[C@@H](CS[C@H]1CC(=O)C[C@@H]1O[Si](C)(C)C(C)(C)C)C(=O)O. The fourth-order valence-electron chi connectivity index (χ4n) is 2.48. The Morgan fingerprint density at radius 1 is 1.21 bits per heavy atom. The zero-order valence-corrected chi connectivity index (χ0v) is 20.1. The van der Waals surface area contributed by atoms with E-state index in [1.54, 1.807) is 20.8 Å². The highest BCUT2D eigenvalue weighted by Gasteiger charge is 2.44. The molecule has 0 aromatic carbocycles. The van der Waals surface area contributed by atoms with Gasteiger partial charge in [0.25, 0.3) is 0 Å². The Kier molecular flexibility index (Phi) is 9.93. The van der Waals surface area contributed by atoms with Crippen molar-refractivity contribution in [1.29, 1.82) is 0 Å². The van der Waals surface area contributed by atoms with Crippen LogP contribution >= 0.6 is 11.8 Å². The first-order valence-corrected chi connectivity index (χ1v) is 13.5. The topological polar surface area (TPSA) is 102 Å². The van der Waals surface area contributed by atoms with E-state index < -0.39 is 32.0 Å². The highest BCUT2D eigenvalue weighted by Crippen LogP contribution is 2.41. The van der Waals surface area contributed by atoms with Crippen LogP contribution in [0, 0.1) is 0 Å². The van der Waals surface area contributed by atoms with Crippen molar-refractivity contribution in [2.24, 2.45) is 0 Å². The van der Waals surface area contributed by atoms with Crippen molar-refractivity contribution in [3.05, 3.63) is 0 Å². The molecule has 2 N–H and O–H groups in total. The third-order valence-corrected chi connectivity index (χ3v) is 10.9. The molecular weight excluding hydrogens is 410 g/mol. The number of carbonyl (C=O) groups is 3. The first kappa shape index (κ1) is 27.9. The quantitative estimate of drug-likeness (QED) is 0.553. The Hall–Kier alpha value is -1.06. The molecule has 1 aliphatic rings. The molecule has 0 aliphatic heterocycles. The van der Waals surface area contributed by atoms with Gasteiger partial charge in [0.1, 0.15) is 17.4 Å². The first-order valence-electron chi connectivity index (χ1n) is 9.55. The van der Waals surface area contributed by atoms with Crippen LogP contribution in [0.15, 0.2) is 0 Å². The van der Waals surface area contributed by atoms with Crippen LogP contribution in [0.2, 0.25) is 18.1 Å². The number of hydrogen-bond donors (Lipinski definition) is 2. The maximum Gasteiger partial charge on any atom is 0.408 e. The molecule has 170 valence electrons. The molecule has 0 aromatic heterocycles. The van der Waals surface area contributed by atoms with Gasteiger partial charge in [-0.1, -0.05) is 28.2 Å². The van der Waals surface area contributed by atoms with E-state index in [4.69, 9.17) is 9.16 Å². The minimum atomic E-state index is -2.04. The van der Waals surface area contributed by atoms with Crippen LogP contribution in [0.5, 0.6) is 0 Å². The Labute approximate surface area is 180 Å². The lowest BCUT2D eigenvalue weighted by atomic mass is 10.2. The zero-order valence-electron chi connectivity index (χ0n) is 18.3. The fourth-order valence-corrected chi connectivity index (χ4v) is 5.27. The smallest absolute Gasteiger partial charge is 0.408 e. The Morgan fingerprint density at radius 2 is 1.76 bits per heavy atom. The first-order chi connectivity index (χ1) is 12.5. The van der Waals surface area contributed by atoms with Gasteiger partial charge in [-0.25, -0.2) is 9.59 Å². The molecule has 1 rings (SSSR count). The van der Waals surface area contributed by atoms with Gasteiger partial charge >= 0.3 is 12.1 Å². The second-order valence-electron chi connectivity index (χ2n) is 9.77. The lowest BCUT2D eigenvalue weighted by molar-refractivity contribution is -0.138. The molecule has 1 saturated carbocycles. The molecule has 0 heterocycles. The van der Waals surface area contributed by atoms with E-state index in [0.717, 1.165) is 0 Å². The van der Waals surface area contributed by atoms with Gasteiger partial charge in [-0.15, -0.1) is 0 Å². The molecule has 0 saturated heterocycles. The standard InChI is InChI=1S/C19H35NO6SSi.CH4/c1-18(2,3)25-17(24)20-13(16(22)23)11-27-15-10-12(21)9-14(15)26-28(7,8)19(4,5)6;/h13-15H,9-11H2,1-8H3,(H,20,24)(H,22,23);1H4/t13-,14-,15-;/m0./s1. The highest BCUT2D eigenvalue weighted by molar-refractivity contribution is 8.00. The van der Waals surface area contributed by atoms with E-state index in [-0.39, 0.29) is 35.4 Å². The summed E-state index contributed by atoms with van der Waals surface area (Å²) in [4.78, 5) is 35.5. The third kappa shape index (κ3) is 9.09. The van der Waals surface area contributed by atoms with E-state index in [9.17, 15) is 19.5 Å². The number of hydrogen-bond acceptors (Lipinski definition) is 6. The summed E-state index contributed by atoms with van der Waals surface area (Å²) >= 11 is 1.37. The predicted molar refractivity (Wildman–Crippen MR) is 120 cm³/mol. The van der Waals surface area contributed by atoms with Gasteiger partial charge in [-0.2, -0.15) is 11.8 Å². The van der Waals surface area contributed by atoms with Gasteiger partial charge in [0.2, 0.25) is 0 Å². The summed E-state index contributed by atoms with van der Waals surface area (Å²) in [5.74, 6) is -0.859. The summed E-state index contributed by atoms with van der Waals surface area (Å²) in [6.07, 6.45) is -0.254. The molecule has 0 aromatic rings. The molecule has 3 atom stereocenters. The van der Waals surface area contributed by atoms with E-state index in [0.29, 0.717) is 12.8 Å². The van der Waals surface area contributed by atoms with Gasteiger partial charge in [0.05, 0.1) is 6.10 Å². The number of thioether (sulfide) groups is 1. The third-order valence-electron chi connectivity index (χ3n) is 4.99. The molecule has 0 bridgehead atoms. The lowest BCUT2D eigenvalue weighted by Crippen LogP contribution is -2.46. The van der Waals surface area contributed by atoms with Crippen LogP contribution in [-0.2, 0) is 18.8 Å². The second kappa shape index (κ2) is 10.3. The molecule has 9 heteroatoms. The summed E-state index contributed by atoms with van der Waals surface area (Å²) in [7, 11) is -2.04. The average molecular weight is 450 g/mol. The summed E-state index contributed by atoms with van der Waals surface area (Å²) in [6, 6.07) is -1.09. The van der Waals surface area contributed by atoms with Crippen molar-refractivity contribution in [2.75, 3.05) is 5.75 Å². The Morgan fingerprint density at radius 3 is 2.21 bits per heavy atom. The molecule has 29 heavy (non-hydrogen) atoms. The second-order valence-corrected chi connectivity index (χ2v) is 15.8. The normalized spacial score (nSPS) is 21.3. The minimum Gasteiger partial charge on any atom is -0.480 e. The summed E-state index contributed by atoms with van der Waals surface area (Å²) in [5.41, 5.74) is -0.708. The summed E-state index contributed by atoms with van der Waals surface area (Å²) in [6.45, 7) is 15.8. The highest BCUT2D eigenvalue weighted by atomic mass is 32.2.